The zero-order valence-corrected chi connectivity index (χ0v) is 10.0. The van der Waals surface area contributed by atoms with E-state index in [2.05, 4.69) is 10.6 Å². The highest BCUT2D eigenvalue weighted by molar-refractivity contribution is 5.85. The summed E-state index contributed by atoms with van der Waals surface area (Å²) >= 11 is 0. The lowest BCUT2D eigenvalue weighted by molar-refractivity contribution is -0.139. The Morgan fingerprint density at radius 3 is 2.21 bits per heavy atom. The van der Waals surface area contributed by atoms with Gasteiger partial charge in [0.15, 0.2) is 5.96 Å². The number of amides is 1. The summed E-state index contributed by atoms with van der Waals surface area (Å²) < 4.78 is 0. The van der Waals surface area contributed by atoms with Gasteiger partial charge in [0.1, 0.15) is 12.6 Å². The van der Waals surface area contributed by atoms with Crippen LogP contribution in [0.15, 0.2) is 0 Å². The predicted molar refractivity (Wildman–Crippen MR) is 64.3 cm³/mol. The van der Waals surface area contributed by atoms with Crippen LogP contribution >= 0.6 is 0 Å². The molecule has 10 nitrogen and oxygen atoms in total. The van der Waals surface area contributed by atoms with Crippen molar-refractivity contribution in [2.24, 2.45) is 11.5 Å². The van der Waals surface area contributed by atoms with Crippen molar-refractivity contribution < 1.29 is 24.6 Å². The number of carbonyl (C=O) groups is 3. The molecular weight excluding hydrogens is 258 g/mol. The van der Waals surface area contributed by atoms with E-state index < -0.39 is 42.4 Å². The summed E-state index contributed by atoms with van der Waals surface area (Å²) in [6.45, 7) is -0.555. The molecule has 0 heterocycles. The minimum Gasteiger partial charge on any atom is -0.480 e. The highest BCUT2D eigenvalue weighted by Gasteiger charge is 2.21. The first-order valence-corrected chi connectivity index (χ1v) is 5.32. The molecule has 0 radical (unpaired) electrons. The molecule has 0 rings (SSSR count). The molecule has 0 spiro atoms. The summed E-state index contributed by atoms with van der Waals surface area (Å²) in [4.78, 5) is 32.3. The van der Waals surface area contributed by atoms with Gasteiger partial charge < -0.3 is 32.3 Å². The van der Waals surface area contributed by atoms with E-state index in [1.54, 1.807) is 0 Å². The molecule has 0 aliphatic heterocycles. The monoisotopic (exact) mass is 275 g/mol. The molecule has 1 unspecified atom stereocenters. The smallest absolute Gasteiger partial charge is 0.326 e. The number of carboxylic acids is 2. The van der Waals surface area contributed by atoms with Crippen LogP contribution in [0.5, 0.6) is 0 Å². The van der Waals surface area contributed by atoms with E-state index in [0.717, 1.165) is 0 Å². The second-order valence-corrected chi connectivity index (χ2v) is 3.74. The number of carboxylic acid groups (broad SMARTS) is 2. The van der Waals surface area contributed by atoms with Gasteiger partial charge in [-0.05, 0) is 12.8 Å². The van der Waals surface area contributed by atoms with Gasteiger partial charge in [0.2, 0.25) is 5.91 Å². The molecular formula is C9H17N5O5. The largest absolute Gasteiger partial charge is 0.480 e. The predicted octanol–water partition coefficient (Wildman–Crippen LogP) is -2.77. The first-order chi connectivity index (χ1) is 8.73. The minimum atomic E-state index is -1.23. The van der Waals surface area contributed by atoms with Gasteiger partial charge in [-0.15, -0.1) is 0 Å². The van der Waals surface area contributed by atoms with Gasteiger partial charge in [-0.1, -0.05) is 0 Å². The van der Waals surface area contributed by atoms with E-state index in [1.807, 2.05) is 0 Å². The lowest BCUT2D eigenvalue weighted by Gasteiger charge is -2.16. The number of nitrogens with one attached hydrogen (secondary N) is 3. The second kappa shape index (κ2) is 7.87. The number of hydrogen-bond donors (Lipinski definition) is 7. The molecule has 0 bridgehead atoms. The van der Waals surface area contributed by atoms with Crippen molar-refractivity contribution in [3.63, 3.8) is 0 Å². The standard InChI is InChI=1S/C9H17N5O5/c10-4(7(17)13-3-6(15)16)1-2-5(8(18)19)14-9(11)12/h4-5H,1-3,10H2,(H,13,17)(H,15,16)(H,18,19)(H4,11,12,14)/t4-,5?/m0/s1. The van der Waals surface area contributed by atoms with E-state index in [4.69, 9.17) is 27.1 Å². The molecule has 10 heteroatoms. The number of aliphatic carboxylic acids is 2. The third-order valence-corrected chi connectivity index (χ3v) is 2.14. The van der Waals surface area contributed by atoms with Crippen molar-refractivity contribution in [3.05, 3.63) is 0 Å². The van der Waals surface area contributed by atoms with Crippen molar-refractivity contribution in [1.29, 1.82) is 5.41 Å². The summed E-state index contributed by atoms with van der Waals surface area (Å²) in [6, 6.07) is -2.16. The van der Waals surface area contributed by atoms with Crippen LogP contribution in [-0.4, -0.2) is 52.6 Å². The average Bonchev–Trinajstić information content (AvgIpc) is 2.29. The Hall–Kier alpha value is -2.36. The molecule has 19 heavy (non-hydrogen) atoms. The van der Waals surface area contributed by atoms with Gasteiger partial charge in [-0.25, -0.2) is 4.79 Å². The Bertz CT molecular complexity index is 372. The first-order valence-electron chi connectivity index (χ1n) is 5.32. The normalized spacial score (nSPS) is 13.1. The third-order valence-electron chi connectivity index (χ3n) is 2.14. The summed E-state index contributed by atoms with van der Waals surface area (Å²) in [5, 5.41) is 28.4. The van der Waals surface area contributed by atoms with Crippen LogP contribution in [0.4, 0.5) is 0 Å². The fourth-order valence-corrected chi connectivity index (χ4v) is 1.22. The SMILES string of the molecule is N=C(N)NC(CC[C@H](N)C(=O)NCC(=O)O)C(=O)O. The Morgan fingerprint density at radius 2 is 1.79 bits per heavy atom. The Morgan fingerprint density at radius 1 is 1.21 bits per heavy atom. The zero-order chi connectivity index (χ0) is 15.0. The van der Waals surface area contributed by atoms with Crippen LogP contribution < -0.4 is 22.1 Å². The summed E-state index contributed by atoms with van der Waals surface area (Å²) in [6.07, 6.45) is -0.0285. The van der Waals surface area contributed by atoms with Gasteiger partial charge in [-0.3, -0.25) is 15.0 Å². The molecule has 9 N–H and O–H groups in total. The first kappa shape index (κ1) is 16.6. The number of hydrogen-bond acceptors (Lipinski definition) is 5. The highest BCUT2D eigenvalue weighted by atomic mass is 16.4. The zero-order valence-electron chi connectivity index (χ0n) is 10.0. The lowest BCUT2D eigenvalue weighted by Crippen LogP contribution is -2.47. The summed E-state index contributed by atoms with van der Waals surface area (Å²) in [5.41, 5.74) is 10.5. The van der Waals surface area contributed by atoms with Gasteiger partial charge in [0, 0.05) is 0 Å². The maximum atomic E-state index is 11.3. The number of nitrogens with two attached hydrogens (primary N) is 2. The van der Waals surface area contributed by atoms with Gasteiger partial charge in [-0.2, -0.15) is 0 Å². The Balaban J connectivity index is 4.20. The molecule has 0 aromatic heterocycles. The molecule has 108 valence electrons. The van der Waals surface area contributed by atoms with E-state index in [1.165, 1.54) is 0 Å². The van der Waals surface area contributed by atoms with Crippen LogP contribution in [0, 0.1) is 5.41 Å². The van der Waals surface area contributed by atoms with Crippen LogP contribution in [0.25, 0.3) is 0 Å². The maximum Gasteiger partial charge on any atom is 0.326 e. The Kier molecular flexibility index (Phi) is 6.89. The number of carbonyl (C=O) groups excluding carboxylic acids is 1. The minimum absolute atomic E-state index is 0.00268. The van der Waals surface area contributed by atoms with Crippen LogP contribution in [0.2, 0.25) is 0 Å². The number of rotatable bonds is 8. The lowest BCUT2D eigenvalue weighted by atomic mass is 10.1. The molecule has 0 saturated carbocycles. The molecule has 0 aliphatic rings. The molecule has 0 aromatic carbocycles. The van der Waals surface area contributed by atoms with E-state index in [0.29, 0.717) is 0 Å². The van der Waals surface area contributed by atoms with Crippen LogP contribution in [-0.2, 0) is 14.4 Å². The molecule has 0 aromatic rings. The van der Waals surface area contributed by atoms with Gasteiger partial charge >= 0.3 is 11.9 Å². The molecule has 1 amide bonds. The van der Waals surface area contributed by atoms with E-state index in [9.17, 15) is 14.4 Å². The Labute approximate surface area is 108 Å². The third kappa shape index (κ3) is 7.54. The summed E-state index contributed by atoms with van der Waals surface area (Å²) in [5.74, 6) is -3.62. The fourth-order valence-electron chi connectivity index (χ4n) is 1.22. The van der Waals surface area contributed by atoms with Gasteiger partial charge in [0.05, 0.1) is 6.04 Å². The van der Waals surface area contributed by atoms with Crippen molar-refractivity contribution in [2.45, 2.75) is 24.9 Å². The molecule has 0 aliphatic carbocycles. The van der Waals surface area contributed by atoms with E-state index >= 15 is 0 Å². The van der Waals surface area contributed by atoms with Crippen molar-refractivity contribution in [1.82, 2.24) is 10.6 Å². The van der Waals surface area contributed by atoms with Crippen LogP contribution in [0.3, 0.4) is 0 Å². The second-order valence-electron chi connectivity index (χ2n) is 3.74. The van der Waals surface area contributed by atoms with Crippen LogP contribution in [0.1, 0.15) is 12.8 Å². The molecule has 0 fully saturated rings. The molecule has 2 atom stereocenters. The number of guanidine groups is 1. The van der Waals surface area contributed by atoms with Crippen molar-refractivity contribution in [3.8, 4) is 0 Å². The highest BCUT2D eigenvalue weighted by Crippen LogP contribution is 2.01. The fraction of sp³-hybridized carbons (Fsp3) is 0.556. The summed E-state index contributed by atoms with van der Waals surface area (Å²) in [7, 11) is 0. The van der Waals surface area contributed by atoms with Crippen molar-refractivity contribution in [2.75, 3.05) is 6.54 Å². The molecule has 0 saturated heterocycles. The topological polar surface area (TPSA) is 192 Å². The average molecular weight is 275 g/mol. The van der Waals surface area contributed by atoms with E-state index in [-0.39, 0.29) is 12.8 Å². The quantitative estimate of drug-likeness (QED) is 0.183. The maximum absolute atomic E-state index is 11.3. The van der Waals surface area contributed by atoms with Gasteiger partial charge in [0.25, 0.3) is 0 Å². The van der Waals surface area contributed by atoms with Crippen molar-refractivity contribution >= 4 is 23.8 Å².